The van der Waals surface area contributed by atoms with E-state index in [1.807, 2.05) is 30.1 Å². The summed E-state index contributed by atoms with van der Waals surface area (Å²) in [5.41, 5.74) is 1.00. The monoisotopic (exact) mass is 323 g/mol. The molecule has 102 valence electrons. The molecule has 5 nitrogen and oxygen atoms in total. The lowest BCUT2D eigenvalue weighted by Crippen LogP contribution is -2.22. The van der Waals surface area contributed by atoms with Gasteiger partial charge in [0, 0.05) is 23.1 Å². The van der Waals surface area contributed by atoms with E-state index in [4.69, 9.17) is 0 Å². The van der Waals surface area contributed by atoms with Gasteiger partial charge in [-0.3, -0.25) is 4.98 Å². The molecule has 19 heavy (non-hydrogen) atoms. The molecule has 0 aliphatic heterocycles. The zero-order valence-electron chi connectivity index (χ0n) is 11.3. The van der Waals surface area contributed by atoms with Crippen LogP contribution in [0.3, 0.4) is 0 Å². The van der Waals surface area contributed by atoms with Crippen LogP contribution in [0.4, 0.5) is 0 Å². The molecule has 0 saturated heterocycles. The van der Waals surface area contributed by atoms with Crippen LogP contribution in [0.2, 0.25) is 0 Å². The van der Waals surface area contributed by atoms with Crippen molar-refractivity contribution < 1.29 is 0 Å². The molecule has 2 heterocycles. The van der Waals surface area contributed by atoms with E-state index < -0.39 is 0 Å². The van der Waals surface area contributed by atoms with Crippen molar-refractivity contribution >= 4 is 15.9 Å². The van der Waals surface area contributed by atoms with Gasteiger partial charge in [0.2, 0.25) is 0 Å². The van der Waals surface area contributed by atoms with Crippen LogP contribution >= 0.6 is 15.9 Å². The highest BCUT2D eigenvalue weighted by Crippen LogP contribution is 2.18. The lowest BCUT2D eigenvalue weighted by Gasteiger charge is -2.17. The molecule has 1 unspecified atom stereocenters. The van der Waals surface area contributed by atoms with E-state index in [-0.39, 0.29) is 6.04 Å². The Hall–Kier alpha value is -1.27. The maximum absolute atomic E-state index is 4.44. The molecule has 0 aromatic carbocycles. The zero-order valence-corrected chi connectivity index (χ0v) is 12.9. The van der Waals surface area contributed by atoms with Crippen LogP contribution in [0.15, 0.2) is 29.1 Å². The Morgan fingerprint density at radius 3 is 2.68 bits per heavy atom. The minimum atomic E-state index is 0.134. The number of pyridine rings is 1. The molecule has 0 saturated carbocycles. The fourth-order valence-electron chi connectivity index (χ4n) is 1.98. The number of nitrogens with zero attached hydrogens (tertiary/aromatic N) is 4. The molecule has 1 atom stereocenters. The smallest absolute Gasteiger partial charge is 0.138 e. The summed E-state index contributed by atoms with van der Waals surface area (Å²) in [6.07, 6.45) is 4.19. The van der Waals surface area contributed by atoms with Crippen LogP contribution in [-0.2, 0) is 6.42 Å². The molecule has 0 aliphatic rings. The summed E-state index contributed by atoms with van der Waals surface area (Å²) in [5, 5.41) is 7.54. The van der Waals surface area contributed by atoms with E-state index in [1.165, 1.54) is 0 Å². The number of likely N-dealkylation sites (N-methyl/N-ethyl adjacent to an activating group) is 1. The largest absolute Gasteiger partial charge is 0.311 e. The highest BCUT2D eigenvalue weighted by molar-refractivity contribution is 9.10. The highest BCUT2D eigenvalue weighted by atomic mass is 79.9. The Morgan fingerprint density at radius 1 is 1.32 bits per heavy atom. The molecule has 0 bridgehead atoms. The summed E-state index contributed by atoms with van der Waals surface area (Å²) < 4.78 is 2.93. The maximum Gasteiger partial charge on any atom is 0.138 e. The standard InChI is InChI=1S/C13H18BrN5/c1-9(2)19-13(17-8-18-19)6-12(15-3)11-5-4-10(14)7-16-11/h4-5,7-9,12,15H,6H2,1-3H3. The number of aromatic nitrogens is 4. The SMILES string of the molecule is CNC(Cc1ncnn1C(C)C)c1ccc(Br)cn1. The number of rotatable bonds is 5. The Morgan fingerprint density at radius 2 is 2.11 bits per heavy atom. The third-order valence-corrected chi connectivity index (χ3v) is 3.45. The van der Waals surface area contributed by atoms with Gasteiger partial charge < -0.3 is 5.32 Å². The van der Waals surface area contributed by atoms with Crippen molar-refractivity contribution in [2.24, 2.45) is 0 Å². The molecule has 0 fully saturated rings. The van der Waals surface area contributed by atoms with E-state index >= 15 is 0 Å². The summed E-state index contributed by atoms with van der Waals surface area (Å²) in [7, 11) is 1.93. The molecular weight excluding hydrogens is 306 g/mol. The predicted molar refractivity (Wildman–Crippen MR) is 77.8 cm³/mol. The summed E-state index contributed by atoms with van der Waals surface area (Å²) in [4.78, 5) is 8.78. The molecule has 0 radical (unpaired) electrons. The fourth-order valence-corrected chi connectivity index (χ4v) is 2.22. The van der Waals surface area contributed by atoms with Gasteiger partial charge in [0.05, 0.1) is 11.7 Å². The highest BCUT2D eigenvalue weighted by Gasteiger charge is 2.16. The van der Waals surface area contributed by atoms with Crippen LogP contribution in [0, 0.1) is 0 Å². The van der Waals surface area contributed by atoms with Gasteiger partial charge in [-0.1, -0.05) is 0 Å². The zero-order chi connectivity index (χ0) is 13.8. The van der Waals surface area contributed by atoms with E-state index in [9.17, 15) is 0 Å². The molecule has 2 rings (SSSR count). The van der Waals surface area contributed by atoms with Crippen LogP contribution in [-0.4, -0.2) is 26.8 Å². The van der Waals surface area contributed by atoms with Crippen LogP contribution in [0.5, 0.6) is 0 Å². The van der Waals surface area contributed by atoms with Gasteiger partial charge in [0.1, 0.15) is 12.2 Å². The maximum atomic E-state index is 4.44. The van der Waals surface area contributed by atoms with Crippen LogP contribution in [0.25, 0.3) is 0 Å². The Labute approximate surface area is 121 Å². The summed E-state index contributed by atoms with van der Waals surface area (Å²) in [5.74, 6) is 0.971. The Balaban J connectivity index is 2.19. The number of nitrogens with one attached hydrogen (secondary N) is 1. The van der Waals surface area contributed by atoms with Gasteiger partial charge in [-0.25, -0.2) is 9.67 Å². The van der Waals surface area contributed by atoms with Gasteiger partial charge in [0.25, 0.3) is 0 Å². The van der Waals surface area contributed by atoms with Crippen molar-refractivity contribution in [2.75, 3.05) is 7.05 Å². The van der Waals surface area contributed by atoms with Crippen LogP contribution in [0.1, 0.15) is 37.4 Å². The average molecular weight is 324 g/mol. The van der Waals surface area contributed by atoms with Gasteiger partial charge in [0.15, 0.2) is 0 Å². The fraction of sp³-hybridized carbons (Fsp3) is 0.462. The molecule has 6 heteroatoms. The first-order valence-electron chi connectivity index (χ1n) is 6.29. The van der Waals surface area contributed by atoms with E-state index in [0.717, 1.165) is 22.4 Å². The van der Waals surface area contributed by atoms with Gasteiger partial charge >= 0.3 is 0 Å². The molecule has 0 amide bonds. The second-order valence-corrected chi connectivity index (χ2v) is 5.58. The Kier molecular flexibility index (Phi) is 4.66. The molecule has 0 aliphatic carbocycles. The first kappa shape index (κ1) is 14.1. The molecule has 2 aromatic heterocycles. The second-order valence-electron chi connectivity index (χ2n) is 4.66. The van der Waals surface area contributed by atoms with Crippen molar-refractivity contribution in [2.45, 2.75) is 32.4 Å². The normalized spacial score (nSPS) is 12.9. The summed E-state index contributed by atoms with van der Waals surface area (Å²) in [6, 6.07) is 4.46. The van der Waals surface area contributed by atoms with Crippen molar-refractivity contribution in [3.05, 3.63) is 40.6 Å². The molecule has 2 aromatic rings. The van der Waals surface area contributed by atoms with E-state index in [1.54, 1.807) is 6.33 Å². The van der Waals surface area contributed by atoms with Crippen molar-refractivity contribution in [1.29, 1.82) is 0 Å². The first-order valence-corrected chi connectivity index (χ1v) is 7.08. The van der Waals surface area contributed by atoms with Gasteiger partial charge in [-0.2, -0.15) is 5.10 Å². The second kappa shape index (κ2) is 6.25. The van der Waals surface area contributed by atoms with Gasteiger partial charge in [-0.15, -0.1) is 0 Å². The minimum absolute atomic E-state index is 0.134. The van der Waals surface area contributed by atoms with E-state index in [0.29, 0.717) is 6.04 Å². The third-order valence-electron chi connectivity index (χ3n) is 2.98. The van der Waals surface area contributed by atoms with E-state index in [2.05, 4.69) is 50.2 Å². The molecule has 0 spiro atoms. The lowest BCUT2D eigenvalue weighted by atomic mass is 10.1. The lowest BCUT2D eigenvalue weighted by molar-refractivity contribution is 0.474. The number of hydrogen-bond donors (Lipinski definition) is 1. The van der Waals surface area contributed by atoms with Gasteiger partial charge in [-0.05, 0) is 49.0 Å². The number of hydrogen-bond acceptors (Lipinski definition) is 4. The van der Waals surface area contributed by atoms with Crippen molar-refractivity contribution in [1.82, 2.24) is 25.1 Å². The average Bonchev–Trinajstić information content (AvgIpc) is 2.85. The Bertz CT molecular complexity index is 520. The van der Waals surface area contributed by atoms with Crippen molar-refractivity contribution in [3.63, 3.8) is 0 Å². The minimum Gasteiger partial charge on any atom is -0.311 e. The quantitative estimate of drug-likeness (QED) is 0.918. The first-order chi connectivity index (χ1) is 9.11. The molecule has 1 N–H and O–H groups in total. The van der Waals surface area contributed by atoms with Crippen LogP contribution < -0.4 is 5.32 Å². The summed E-state index contributed by atoms with van der Waals surface area (Å²) >= 11 is 3.40. The third kappa shape index (κ3) is 3.39. The molecular formula is C13H18BrN5. The summed E-state index contributed by atoms with van der Waals surface area (Å²) in [6.45, 7) is 4.20. The predicted octanol–water partition coefficient (Wildman–Crippen LogP) is 2.52. The van der Waals surface area contributed by atoms with Crippen molar-refractivity contribution in [3.8, 4) is 0 Å². The topological polar surface area (TPSA) is 55.6 Å². The number of halogens is 1.